The molecule has 0 fully saturated rings. The maximum absolute atomic E-state index is 11.1. The molecule has 19 heavy (non-hydrogen) atoms. The maximum Gasteiger partial charge on any atom is 0.339 e. The Morgan fingerprint density at radius 1 is 1.42 bits per heavy atom. The molecule has 0 aliphatic carbocycles. The topological polar surface area (TPSA) is 83.8 Å². The number of carboxylic acid groups (broad SMARTS) is 1. The molecule has 0 saturated heterocycles. The molecule has 6 heteroatoms. The quantitative estimate of drug-likeness (QED) is 0.734. The van der Waals surface area contributed by atoms with Crippen molar-refractivity contribution in [1.29, 1.82) is 0 Å². The lowest BCUT2D eigenvalue weighted by Gasteiger charge is -2.01. The van der Waals surface area contributed by atoms with Crippen molar-refractivity contribution in [3.8, 4) is 11.3 Å². The number of aromatic amines is 1. The number of aromatic carboxylic acids is 1. The molecule has 3 aromatic rings. The second kappa shape index (κ2) is 3.94. The van der Waals surface area contributed by atoms with Crippen molar-refractivity contribution in [3.63, 3.8) is 0 Å². The number of fused-ring (bicyclic) bond motifs is 1. The van der Waals surface area contributed by atoms with Crippen molar-refractivity contribution in [2.24, 2.45) is 7.05 Å². The summed E-state index contributed by atoms with van der Waals surface area (Å²) in [5, 5.41) is 15.6. The van der Waals surface area contributed by atoms with Gasteiger partial charge in [-0.2, -0.15) is 5.10 Å². The van der Waals surface area contributed by atoms with E-state index in [1.165, 1.54) is 6.20 Å². The summed E-state index contributed by atoms with van der Waals surface area (Å²) in [5.74, 6) is -0.0868. The number of hydrogen-bond acceptors (Lipinski definition) is 3. The van der Waals surface area contributed by atoms with Gasteiger partial charge in [0.05, 0.1) is 22.9 Å². The first-order valence-corrected chi connectivity index (χ1v) is 5.78. The van der Waals surface area contributed by atoms with Gasteiger partial charge in [-0.05, 0) is 19.1 Å². The molecule has 0 amide bonds. The van der Waals surface area contributed by atoms with Crippen molar-refractivity contribution < 1.29 is 9.90 Å². The second-order valence-electron chi connectivity index (χ2n) is 4.39. The van der Waals surface area contributed by atoms with Crippen LogP contribution in [0, 0.1) is 6.92 Å². The fraction of sp³-hybridized carbons (Fsp3) is 0.154. The zero-order valence-electron chi connectivity index (χ0n) is 10.5. The monoisotopic (exact) mass is 256 g/mol. The van der Waals surface area contributed by atoms with E-state index in [4.69, 9.17) is 5.11 Å². The molecule has 2 heterocycles. The van der Waals surface area contributed by atoms with Crippen molar-refractivity contribution in [2.75, 3.05) is 0 Å². The third-order valence-corrected chi connectivity index (χ3v) is 3.26. The Hall–Kier alpha value is -2.63. The van der Waals surface area contributed by atoms with E-state index in [0.29, 0.717) is 5.69 Å². The lowest BCUT2D eigenvalue weighted by molar-refractivity contribution is 0.0698. The third-order valence-electron chi connectivity index (χ3n) is 3.26. The van der Waals surface area contributed by atoms with Gasteiger partial charge >= 0.3 is 5.97 Å². The minimum absolute atomic E-state index is 0.159. The molecule has 0 atom stereocenters. The predicted molar refractivity (Wildman–Crippen MR) is 70.0 cm³/mol. The summed E-state index contributed by atoms with van der Waals surface area (Å²) >= 11 is 0. The van der Waals surface area contributed by atoms with E-state index in [2.05, 4.69) is 15.2 Å². The summed E-state index contributed by atoms with van der Waals surface area (Å²) in [6.45, 7) is 1.93. The second-order valence-corrected chi connectivity index (χ2v) is 4.39. The molecule has 0 aliphatic heterocycles. The first-order chi connectivity index (χ1) is 9.08. The van der Waals surface area contributed by atoms with Crippen LogP contribution in [0.3, 0.4) is 0 Å². The van der Waals surface area contributed by atoms with Crippen molar-refractivity contribution in [3.05, 3.63) is 35.8 Å². The van der Waals surface area contributed by atoms with Crippen LogP contribution in [0.5, 0.6) is 0 Å². The number of H-pyrrole nitrogens is 1. The molecule has 1 aromatic carbocycles. The summed E-state index contributed by atoms with van der Waals surface area (Å²) in [6.07, 6.45) is 1.31. The summed E-state index contributed by atoms with van der Waals surface area (Å²) in [6, 6.07) is 5.66. The van der Waals surface area contributed by atoms with E-state index in [1.54, 1.807) is 0 Å². The van der Waals surface area contributed by atoms with Gasteiger partial charge in [0, 0.05) is 12.6 Å². The zero-order chi connectivity index (χ0) is 13.6. The number of hydrogen-bond donors (Lipinski definition) is 2. The smallest absolute Gasteiger partial charge is 0.339 e. The van der Waals surface area contributed by atoms with E-state index in [1.807, 2.05) is 36.7 Å². The van der Waals surface area contributed by atoms with E-state index < -0.39 is 5.97 Å². The standard InChI is InChI=1S/C13H12N4O2/c1-7-15-10-5-8(3-4-11(10)17(7)2)12-9(13(18)19)6-14-16-12/h3-6H,1-2H3,(H,14,16)(H,18,19). The largest absolute Gasteiger partial charge is 0.478 e. The number of carboxylic acids is 1. The van der Waals surface area contributed by atoms with Crippen LogP contribution in [0.25, 0.3) is 22.3 Å². The van der Waals surface area contributed by atoms with Gasteiger partial charge in [0.1, 0.15) is 11.4 Å². The molecule has 0 saturated carbocycles. The van der Waals surface area contributed by atoms with Crippen LogP contribution < -0.4 is 0 Å². The number of benzene rings is 1. The molecule has 0 spiro atoms. The number of imidazole rings is 1. The molecule has 0 radical (unpaired) electrons. The summed E-state index contributed by atoms with van der Waals surface area (Å²) in [4.78, 5) is 15.5. The molecule has 0 unspecified atom stereocenters. The molecule has 2 N–H and O–H groups in total. The molecule has 0 bridgehead atoms. The zero-order valence-corrected chi connectivity index (χ0v) is 10.5. The van der Waals surface area contributed by atoms with Crippen molar-refractivity contribution in [1.82, 2.24) is 19.7 Å². The molecule has 2 aromatic heterocycles. The molecular weight excluding hydrogens is 244 g/mol. The van der Waals surface area contributed by atoms with E-state index in [-0.39, 0.29) is 5.56 Å². The molecular formula is C13H12N4O2. The van der Waals surface area contributed by atoms with Crippen LogP contribution in [0.15, 0.2) is 24.4 Å². The highest BCUT2D eigenvalue weighted by Crippen LogP contribution is 2.25. The van der Waals surface area contributed by atoms with Crippen molar-refractivity contribution in [2.45, 2.75) is 6.92 Å². The number of rotatable bonds is 2. The number of aryl methyl sites for hydroxylation is 2. The Morgan fingerprint density at radius 3 is 2.95 bits per heavy atom. The Morgan fingerprint density at radius 2 is 2.21 bits per heavy atom. The van der Waals surface area contributed by atoms with E-state index in [9.17, 15) is 4.79 Å². The molecule has 6 nitrogen and oxygen atoms in total. The number of carbonyl (C=O) groups is 1. The van der Waals surface area contributed by atoms with Crippen LogP contribution in [0.2, 0.25) is 0 Å². The molecule has 0 aliphatic rings. The first-order valence-electron chi connectivity index (χ1n) is 5.78. The Bertz CT molecular complexity index is 785. The minimum atomic E-state index is -0.999. The normalized spacial score (nSPS) is 11.1. The average molecular weight is 256 g/mol. The van der Waals surface area contributed by atoms with E-state index >= 15 is 0 Å². The van der Waals surface area contributed by atoms with Gasteiger partial charge in [-0.25, -0.2) is 9.78 Å². The van der Waals surface area contributed by atoms with Crippen LogP contribution >= 0.6 is 0 Å². The molecule has 3 rings (SSSR count). The fourth-order valence-electron chi connectivity index (χ4n) is 2.14. The number of aromatic nitrogens is 4. The lowest BCUT2D eigenvalue weighted by Crippen LogP contribution is -1.96. The van der Waals surface area contributed by atoms with Crippen LogP contribution in [-0.2, 0) is 7.05 Å². The minimum Gasteiger partial charge on any atom is -0.478 e. The third kappa shape index (κ3) is 1.69. The highest BCUT2D eigenvalue weighted by molar-refractivity contribution is 5.95. The van der Waals surface area contributed by atoms with Crippen LogP contribution in [0.1, 0.15) is 16.2 Å². The van der Waals surface area contributed by atoms with Gasteiger partial charge in [0.2, 0.25) is 0 Å². The van der Waals surface area contributed by atoms with Gasteiger partial charge in [-0.15, -0.1) is 0 Å². The van der Waals surface area contributed by atoms with Gasteiger partial charge < -0.3 is 9.67 Å². The first kappa shape index (κ1) is 11.5. The van der Waals surface area contributed by atoms with Crippen molar-refractivity contribution >= 4 is 17.0 Å². The Balaban J connectivity index is 2.20. The highest BCUT2D eigenvalue weighted by atomic mass is 16.4. The van der Waals surface area contributed by atoms with Gasteiger partial charge in [-0.3, -0.25) is 5.10 Å². The Labute approximate surface area is 108 Å². The summed E-state index contributed by atoms with van der Waals surface area (Å²) in [7, 11) is 1.95. The SMILES string of the molecule is Cc1nc2cc(-c3[nH]ncc3C(=O)O)ccc2n1C. The van der Waals surface area contributed by atoms with E-state index in [0.717, 1.165) is 22.4 Å². The van der Waals surface area contributed by atoms with Gasteiger partial charge in [0.25, 0.3) is 0 Å². The molecule has 96 valence electrons. The lowest BCUT2D eigenvalue weighted by atomic mass is 10.1. The number of nitrogens with one attached hydrogen (secondary N) is 1. The highest BCUT2D eigenvalue weighted by Gasteiger charge is 2.15. The average Bonchev–Trinajstić information content (AvgIpc) is 2.95. The number of nitrogens with zero attached hydrogens (tertiary/aromatic N) is 3. The summed E-state index contributed by atoms with van der Waals surface area (Å²) in [5.41, 5.74) is 3.27. The maximum atomic E-state index is 11.1. The van der Waals surface area contributed by atoms with Crippen LogP contribution in [0.4, 0.5) is 0 Å². The Kier molecular flexibility index (Phi) is 2.38. The summed E-state index contributed by atoms with van der Waals surface area (Å²) < 4.78 is 1.99. The van der Waals surface area contributed by atoms with Gasteiger partial charge in [0.15, 0.2) is 0 Å². The predicted octanol–water partition coefficient (Wildman–Crippen LogP) is 1.97. The fourth-order valence-corrected chi connectivity index (χ4v) is 2.14. The van der Waals surface area contributed by atoms with Gasteiger partial charge in [-0.1, -0.05) is 6.07 Å². The van der Waals surface area contributed by atoms with Crippen LogP contribution in [-0.4, -0.2) is 30.8 Å².